The number of benzene rings is 1. The van der Waals surface area contributed by atoms with Crippen molar-refractivity contribution >= 4 is 40.8 Å². The van der Waals surface area contributed by atoms with E-state index >= 15 is 0 Å². The number of piperidine rings is 1. The first-order valence-electron chi connectivity index (χ1n) is 8.91. The van der Waals surface area contributed by atoms with Crippen LogP contribution in [-0.2, 0) is 4.79 Å². The molecule has 1 unspecified atom stereocenters. The summed E-state index contributed by atoms with van der Waals surface area (Å²) in [5.41, 5.74) is 0.636. The maximum atomic E-state index is 12.2. The Bertz CT molecular complexity index is 805. The van der Waals surface area contributed by atoms with Gasteiger partial charge in [0.25, 0.3) is 0 Å². The molecule has 1 aromatic heterocycles. The predicted molar refractivity (Wildman–Crippen MR) is 110 cm³/mol. The molecule has 2 heterocycles. The molecule has 1 aromatic carbocycles. The lowest BCUT2D eigenvalue weighted by atomic mass is 10.0. The smallest absolute Gasteiger partial charge is 0.234 e. The first kappa shape index (κ1) is 19.8. The number of hydrogen-bond donors (Lipinski definition) is 1. The number of nitrogens with zero attached hydrogens (tertiary/aromatic N) is 3. The summed E-state index contributed by atoms with van der Waals surface area (Å²) in [5, 5.41) is 4.09. The zero-order valence-corrected chi connectivity index (χ0v) is 17.0. The maximum Gasteiger partial charge on any atom is 0.234 e. The number of halogens is 1. The van der Waals surface area contributed by atoms with E-state index in [1.54, 1.807) is 31.6 Å². The van der Waals surface area contributed by atoms with E-state index in [0.717, 1.165) is 17.4 Å². The number of amides is 1. The standard InChI is InChI=1S/C19H23ClN4O2S/c1-13-5-3-4-8-24(13)17-10-19(22-12-21-17)27-11-18(25)23-14-6-7-16(26-2)15(20)9-14/h6-7,9-10,12-13H,3-5,8,11H2,1-2H3,(H,23,25). The third-order valence-corrected chi connectivity index (χ3v) is 5.73. The molecule has 1 fully saturated rings. The highest BCUT2D eigenvalue weighted by atomic mass is 35.5. The fourth-order valence-electron chi connectivity index (χ4n) is 3.09. The number of carbonyl (C=O) groups excluding carboxylic acids is 1. The monoisotopic (exact) mass is 406 g/mol. The lowest BCUT2D eigenvalue weighted by Gasteiger charge is -2.34. The van der Waals surface area contributed by atoms with E-state index in [9.17, 15) is 4.79 Å². The molecule has 27 heavy (non-hydrogen) atoms. The molecule has 3 rings (SSSR count). The molecule has 1 atom stereocenters. The first-order valence-corrected chi connectivity index (χ1v) is 10.3. The van der Waals surface area contributed by atoms with Crippen LogP contribution in [0.15, 0.2) is 35.6 Å². The second-order valence-corrected chi connectivity index (χ2v) is 7.84. The van der Waals surface area contributed by atoms with Crippen molar-refractivity contribution in [3.05, 3.63) is 35.6 Å². The van der Waals surface area contributed by atoms with Gasteiger partial charge in [-0.2, -0.15) is 0 Å². The summed E-state index contributed by atoms with van der Waals surface area (Å²) in [6, 6.07) is 7.60. The molecule has 0 aliphatic carbocycles. The molecule has 1 amide bonds. The second-order valence-electron chi connectivity index (χ2n) is 6.44. The molecule has 1 aliphatic rings. The molecule has 0 saturated carbocycles. The van der Waals surface area contributed by atoms with Crippen molar-refractivity contribution in [1.29, 1.82) is 0 Å². The van der Waals surface area contributed by atoms with Crippen LogP contribution in [-0.4, -0.2) is 41.3 Å². The number of ether oxygens (including phenoxy) is 1. The minimum Gasteiger partial charge on any atom is -0.495 e. The van der Waals surface area contributed by atoms with E-state index in [4.69, 9.17) is 16.3 Å². The molecular formula is C19H23ClN4O2S. The summed E-state index contributed by atoms with van der Waals surface area (Å²) < 4.78 is 5.11. The Labute approximate surface area is 168 Å². The quantitative estimate of drug-likeness (QED) is 0.571. The Morgan fingerprint density at radius 3 is 2.96 bits per heavy atom. The van der Waals surface area contributed by atoms with Crippen molar-refractivity contribution in [3.63, 3.8) is 0 Å². The number of hydrogen-bond acceptors (Lipinski definition) is 6. The zero-order valence-electron chi connectivity index (χ0n) is 15.4. The Morgan fingerprint density at radius 2 is 2.22 bits per heavy atom. The average Bonchev–Trinajstić information content (AvgIpc) is 2.67. The minimum absolute atomic E-state index is 0.118. The van der Waals surface area contributed by atoms with Crippen molar-refractivity contribution in [2.45, 2.75) is 37.3 Å². The normalized spacial score (nSPS) is 16.9. The van der Waals surface area contributed by atoms with E-state index in [2.05, 4.69) is 27.1 Å². The van der Waals surface area contributed by atoms with Gasteiger partial charge in [-0.25, -0.2) is 9.97 Å². The Morgan fingerprint density at radius 1 is 1.37 bits per heavy atom. The molecule has 6 nitrogen and oxygen atoms in total. The molecular weight excluding hydrogens is 384 g/mol. The molecule has 1 saturated heterocycles. The number of rotatable bonds is 6. The summed E-state index contributed by atoms with van der Waals surface area (Å²) in [5.74, 6) is 1.65. The molecule has 0 radical (unpaired) electrons. The minimum atomic E-state index is -0.118. The van der Waals surface area contributed by atoms with Crippen LogP contribution < -0.4 is 15.0 Å². The van der Waals surface area contributed by atoms with E-state index < -0.39 is 0 Å². The fraction of sp³-hybridized carbons (Fsp3) is 0.421. The molecule has 1 N–H and O–H groups in total. The number of thioether (sulfide) groups is 1. The van der Waals surface area contributed by atoms with Crippen LogP contribution in [0.1, 0.15) is 26.2 Å². The number of anilines is 2. The summed E-state index contributed by atoms with van der Waals surface area (Å²) in [6.45, 7) is 3.24. The molecule has 1 aliphatic heterocycles. The van der Waals surface area contributed by atoms with Gasteiger partial charge in [0.15, 0.2) is 0 Å². The second kappa shape index (κ2) is 9.28. The number of methoxy groups -OCH3 is 1. The van der Waals surface area contributed by atoms with Gasteiger partial charge in [0, 0.05) is 24.3 Å². The van der Waals surface area contributed by atoms with Gasteiger partial charge in [-0.1, -0.05) is 23.4 Å². The highest BCUT2D eigenvalue weighted by Gasteiger charge is 2.20. The van der Waals surface area contributed by atoms with Crippen LogP contribution in [0.25, 0.3) is 0 Å². The molecule has 0 bridgehead atoms. The van der Waals surface area contributed by atoms with Crippen molar-refractivity contribution in [3.8, 4) is 5.75 Å². The van der Waals surface area contributed by atoms with Gasteiger partial charge in [0.05, 0.1) is 17.9 Å². The van der Waals surface area contributed by atoms with Crippen LogP contribution in [0.5, 0.6) is 5.75 Å². The predicted octanol–water partition coefficient (Wildman–Crippen LogP) is 4.25. The summed E-state index contributed by atoms with van der Waals surface area (Å²) in [4.78, 5) is 23.2. The molecule has 144 valence electrons. The number of aromatic nitrogens is 2. The number of carbonyl (C=O) groups is 1. The third-order valence-electron chi connectivity index (χ3n) is 4.51. The SMILES string of the molecule is COc1ccc(NC(=O)CSc2cc(N3CCCCC3C)ncn2)cc1Cl. The lowest BCUT2D eigenvalue weighted by molar-refractivity contribution is -0.113. The fourth-order valence-corrected chi connectivity index (χ4v) is 4.00. The summed E-state index contributed by atoms with van der Waals surface area (Å²) >= 11 is 7.48. The summed E-state index contributed by atoms with van der Waals surface area (Å²) in [6.07, 6.45) is 5.20. The van der Waals surface area contributed by atoms with Crippen LogP contribution in [0, 0.1) is 0 Å². The largest absolute Gasteiger partial charge is 0.495 e. The lowest BCUT2D eigenvalue weighted by Crippen LogP contribution is -2.38. The van der Waals surface area contributed by atoms with Crippen molar-refractivity contribution in [2.24, 2.45) is 0 Å². The molecule has 2 aromatic rings. The molecule has 8 heteroatoms. The molecule has 0 spiro atoms. The Balaban J connectivity index is 1.57. The van der Waals surface area contributed by atoms with Gasteiger partial charge in [0.2, 0.25) is 5.91 Å². The van der Waals surface area contributed by atoms with Crippen LogP contribution in [0.4, 0.5) is 11.5 Å². The number of nitrogens with one attached hydrogen (secondary N) is 1. The van der Waals surface area contributed by atoms with Gasteiger partial charge in [-0.05, 0) is 44.4 Å². The highest BCUT2D eigenvalue weighted by molar-refractivity contribution is 7.99. The van der Waals surface area contributed by atoms with Crippen molar-refractivity contribution < 1.29 is 9.53 Å². The highest BCUT2D eigenvalue weighted by Crippen LogP contribution is 2.28. The third kappa shape index (κ3) is 5.26. The first-order chi connectivity index (χ1) is 13.1. The van der Waals surface area contributed by atoms with E-state index in [1.807, 2.05) is 6.07 Å². The van der Waals surface area contributed by atoms with Gasteiger partial charge in [-0.15, -0.1) is 0 Å². The topological polar surface area (TPSA) is 67.3 Å². The maximum absolute atomic E-state index is 12.2. The van der Waals surface area contributed by atoms with E-state index in [0.29, 0.717) is 22.5 Å². The van der Waals surface area contributed by atoms with Crippen LogP contribution in [0.2, 0.25) is 5.02 Å². The Kier molecular flexibility index (Phi) is 6.79. The van der Waals surface area contributed by atoms with Gasteiger partial charge >= 0.3 is 0 Å². The van der Waals surface area contributed by atoms with Crippen molar-refractivity contribution in [2.75, 3.05) is 29.6 Å². The van der Waals surface area contributed by atoms with Crippen LogP contribution >= 0.6 is 23.4 Å². The van der Waals surface area contributed by atoms with E-state index in [-0.39, 0.29) is 11.7 Å². The summed E-state index contributed by atoms with van der Waals surface area (Å²) in [7, 11) is 1.55. The van der Waals surface area contributed by atoms with Crippen molar-refractivity contribution in [1.82, 2.24) is 9.97 Å². The van der Waals surface area contributed by atoms with Gasteiger partial charge < -0.3 is 15.0 Å². The Hall–Kier alpha value is -1.99. The van der Waals surface area contributed by atoms with Gasteiger partial charge in [-0.3, -0.25) is 4.79 Å². The average molecular weight is 407 g/mol. The zero-order chi connectivity index (χ0) is 19.2. The van der Waals surface area contributed by atoms with Gasteiger partial charge in [0.1, 0.15) is 22.9 Å². The van der Waals surface area contributed by atoms with E-state index in [1.165, 1.54) is 31.0 Å². The van der Waals surface area contributed by atoms with Crippen LogP contribution in [0.3, 0.4) is 0 Å².